The zero-order valence-corrected chi connectivity index (χ0v) is 16.8. The van der Waals surface area contributed by atoms with Crippen molar-refractivity contribution in [1.29, 1.82) is 0 Å². The van der Waals surface area contributed by atoms with Gasteiger partial charge in [0.05, 0.1) is 6.61 Å². The van der Waals surface area contributed by atoms with E-state index in [-0.39, 0.29) is 18.3 Å². The standard InChI is InChI=1S/C22H28FN3O3/c1-3-4-20(26-22(28)25-14-17-9-11-19(23)12-10-17)21(27)24-13-16-5-7-18(8-6-16)15-29-2/h5-12,20H,3-4,13-15H2,1-2H3,(H,24,27)(H2,25,26,28). The number of amides is 3. The van der Waals surface area contributed by atoms with Gasteiger partial charge < -0.3 is 20.7 Å². The molecule has 156 valence electrons. The van der Waals surface area contributed by atoms with Gasteiger partial charge in [0.25, 0.3) is 0 Å². The maximum Gasteiger partial charge on any atom is 0.315 e. The van der Waals surface area contributed by atoms with E-state index in [0.29, 0.717) is 19.6 Å². The molecule has 0 aliphatic heterocycles. The first-order chi connectivity index (χ1) is 14.0. The molecule has 0 spiro atoms. The number of hydrogen-bond acceptors (Lipinski definition) is 3. The Balaban J connectivity index is 1.82. The molecular weight excluding hydrogens is 373 g/mol. The van der Waals surface area contributed by atoms with E-state index in [2.05, 4.69) is 16.0 Å². The molecule has 7 heteroatoms. The van der Waals surface area contributed by atoms with E-state index in [9.17, 15) is 14.0 Å². The molecule has 0 fully saturated rings. The summed E-state index contributed by atoms with van der Waals surface area (Å²) in [6.45, 7) is 3.13. The maximum atomic E-state index is 12.9. The molecule has 3 amide bonds. The van der Waals surface area contributed by atoms with Crippen molar-refractivity contribution < 1.29 is 18.7 Å². The third-order valence-corrected chi connectivity index (χ3v) is 4.37. The Bertz CT molecular complexity index is 779. The van der Waals surface area contributed by atoms with E-state index in [0.717, 1.165) is 23.1 Å². The molecule has 29 heavy (non-hydrogen) atoms. The third-order valence-electron chi connectivity index (χ3n) is 4.37. The average molecular weight is 401 g/mol. The molecule has 0 bridgehead atoms. The lowest BCUT2D eigenvalue weighted by molar-refractivity contribution is -0.123. The smallest absolute Gasteiger partial charge is 0.315 e. The molecule has 1 unspecified atom stereocenters. The van der Waals surface area contributed by atoms with Gasteiger partial charge in [0, 0.05) is 20.2 Å². The van der Waals surface area contributed by atoms with Crippen molar-refractivity contribution in [3.63, 3.8) is 0 Å². The summed E-state index contributed by atoms with van der Waals surface area (Å²) < 4.78 is 18.0. The Kier molecular flexibility index (Phi) is 9.11. The maximum absolute atomic E-state index is 12.9. The molecule has 0 aliphatic carbocycles. The van der Waals surface area contributed by atoms with Crippen molar-refractivity contribution in [2.75, 3.05) is 7.11 Å². The van der Waals surface area contributed by atoms with Crippen molar-refractivity contribution in [3.8, 4) is 0 Å². The Morgan fingerprint density at radius 3 is 2.07 bits per heavy atom. The lowest BCUT2D eigenvalue weighted by atomic mass is 10.1. The van der Waals surface area contributed by atoms with Gasteiger partial charge in [0.2, 0.25) is 5.91 Å². The fraction of sp³-hybridized carbons (Fsp3) is 0.364. The summed E-state index contributed by atoms with van der Waals surface area (Å²) in [5.74, 6) is -0.559. The molecule has 1 atom stereocenters. The van der Waals surface area contributed by atoms with Crippen LogP contribution in [-0.2, 0) is 29.2 Å². The Morgan fingerprint density at radius 2 is 1.48 bits per heavy atom. The van der Waals surface area contributed by atoms with Gasteiger partial charge in [0.15, 0.2) is 0 Å². The van der Waals surface area contributed by atoms with Gasteiger partial charge in [-0.1, -0.05) is 49.7 Å². The molecule has 0 aliphatic rings. The number of rotatable bonds is 10. The molecule has 3 N–H and O–H groups in total. The second-order valence-electron chi connectivity index (χ2n) is 6.76. The number of methoxy groups -OCH3 is 1. The molecule has 0 aromatic heterocycles. The summed E-state index contributed by atoms with van der Waals surface area (Å²) in [5, 5.41) is 8.26. The predicted molar refractivity (Wildman–Crippen MR) is 109 cm³/mol. The summed E-state index contributed by atoms with van der Waals surface area (Å²) in [6.07, 6.45) is 1.28. The number of nitrogens with one attached hydrogen (secondary N) is 3. The number of benzene rings is 2. The summed E-state index contributed by atoms with van der Waals surface area (Å²) in [5.41, 5.74) is 2.80. The number of urea groups is 1. The van der Waals surface area contributed by atoms with Gasteiger partial charge in [-0.05, 0) is 35.2 Å². The van der Waals surface area contributed by atoms with Crippen molar-refractivity contribution >= 4 is 11.9 Å². The Morgan fingerprint density at radius 1 is 0.931 bits per heavy atom. The monoisotopic (exact) mass is 401 g/mol. The summed E-state index contributed by atoms with van der Waals surface area (Å²) in [4.78, 5) is 24.7. The van der Waals surface area contributed by atoms with E-state index in [1.165, 1.54) is 12.1 Å². The van der Waals surface area contributed by atoms with Crippen LogP contribution < -0.4 is 16.0 Å². The molecule has 0 saturated heterocycles. The number of hydrogen-bond donors (Lipinski definition) is 3. The SMILES string of the molecule is CCCC(NC(=O)NCc1ccc(F)cc1)C(=O)NCc1ccc(COC)cc1. The third kappa shape index (κ3) is 7.91. The summed E-state index contributed by atoms with van der Waals surface area (Å²) in [7, 11) is 1.64. The summed E-state index contributed by atoms with van der Waals surface area (Å²) >= 11 is 0. The number of halogens is 1. The van der Waals surface area contributed by atoms with Crippen molar-refractivity contribution in [2.45, 2.75) is 45.5 Å². The number of carbonyl (C=O) groups excluding carboxylic acids is 2. The van der Waals surface area contributed by atoms with Crippen molar-refractivity contribution in [1.82, 2.24) is 16.0 Å². The van der Waals surface area contributed by atoms with E-state index in [1.807, 2.05) is 31.2 Å². The van der Waals surface area contributed by atoms with Gasteiger partial charge in [-0.2, -0.15) is 0 Å². The average Bonchev–Trinajstić information content (AvgIpc) is 2.72. The second-order valence-corrected chi connectivity index (χ2v) is 6.76. The minimum absolute atomic E-state index is 0.232. The molecule has 6 nitrogen and oxygen atoms in total. The summed E-state index contributed by atoms with van der Waals surface area (Å²) in [6, 6.07) is 12.6. The minimum atomic E-state index is -0.624. The fourth-order valence-electron chi connectivity index (χ4n) is 2.78. The lowest BCUT2D eigenvalue weighted by Crippen LogP contribution is -2.49. The topological polar surface area (TPSA) is 79.5 Å². The van der Waals surface area contributed by atoms with Crippen LogP contribution in [-0.4, -0.2) is 25.1 Å². The fourth-order valence-corrected chi connectivity index (χ4v) is 2.78. The first-order valence-electron chi connectivity index (χ1n) is 9.65. The van der Waals surface area contributed by atoms with Crippen LogP contribution in [0.1, 0.15) is 36.5 Å². The highest BCUT2D eigenvalue weighted by molar-refractivity contribution is 5.86. The van der Waals surface area contributed by atoms with Gasteiger partial charge >= 0.3 is 6.03 Å². The van der Waals surface area contributed by atoms with Crippen LogP contribution in [0.3, 0.4) is 0 Å². The Hall–Kier alpha value is -2.93. The molecule has 2 aromatic rings. The van der Waals surface area contributed by atoms with Crippen LogP contribution in [0.4, 0.5) is 9.18 Å². The minimum Gasteiger partial charge on any atom is -0.380 e. The van der Waals surface area contributed by atoms with Crippen molar-refractivity contribution in [3.05, 3.63) is 71.0 Å². The van der Waals surface area contributed by atoms with Crippen molar-refractivity contribution in [2.24, 2.45) is 0 Å². The predicted octanol–water partition coefficient (Wildman–Crippen LogP) is 3.26. The van der Waals surface area contributed by atoms with Crippen LogP contribution in [0.5, 0.6) is 0 Å². The van der Waals surface area contributed by atoms with E-state index >= 15 is 0 Å². The zero-order valence-electron chi connectivity index (χ0n) is 16.8. The quantitative estimate of drug-likeness (QED) is 0.572. The van der Waals surface area contributed by atoms with Crippen LogP contribution in [0.25, 0.3) is 0 Å². The first-order valence-corrected chi connectivity index (χ1v) is 9.65. The molecule has 0 saturated carbocycles. The second kappa shape index (κ2) is 11.8. The van der Waals surface area contributed by atoms with Crippen LogP contribution in [0, 0.1) is 5.82 Å². The lowest BCUT2D eigenvalue weighted by Gasteiger charge is -2.18. The van der Waals surface area contributed by atoms with Gasteiger partial charge in [-0.15, -0.1) is 0 Å². The van der Waals surface area contributed by atoms with E-state index in [1.54, 1.807) is 19.2 Å². The van der Waals surface area contributed by atoms with Gasteiger partial charge in [-0.3, -0.25) is 4.79 Å². The Labute approximate surface area is 170 Å². The molecule has 2 rings (SSSR count). The largest absolute Gasteiger partial charge is 0.380 e. The highest BCUT2D eigenvalue weighted by Gasteiger charge is 2.19. The molecule has 0 heterocycles. The van der Waals surface area contributed by atoms with Gasteiger partial charge in [-0.25, -0.2) is 9.18 Å². The van der Waals surface area contributed by atoms with E-state index in [4.69, 9.17) is 4.74 Å². The first kappa shape index (κ1) is 22.4. The molecule has 0 radical (unpaired) electrons. The number of ether oxygens (including phenoxy) is 1. The normalized spacial score (nSPS) is 11.6. The van der Waals surface area contributed by atoms with Gasteiger partial charge in [0.1, 0.15) is 11.9 Å². The highest BCUT2D eigenvalue weighted by atomic mass is 19.1. The zero-order chi connectivity index (χ0) is 21.1. The molecule has 2 aromatic carbocycles. The van der Waals surface area contributed by atoms with Crippen LogP contribution in [0.15, 0.2) is 48.5 Å². The highest BCUT2D eigenvalue weighted by Crippen LogP contribution is 2.06. The number of carbonyl (C=O) groups is 2. The van der Waals surface area contributed by atoms with Crippen LogP contribution in [0.2, 0.25) is 0 Å². The molecular formula is C22H28FN3O3. The van der Waals surface area contributed by atoms with E-state index < -0.39 is 12.1 Å². The van der Waals surface area contributed by atoms with Crippen LogP contribution >= 0.6 is 0 Å².